The molecule has 8 heteroatoms. The molecule has 1 aliphatic heterocycles. The lowest BCUT2D eigenvalue weighted by atomic mass is 10.1. The quantitative estimate of drug-likeness (QED) is 0.537. The van der Waals surface area contributed by atoms with Crippen LogP contribution >= 0.6 is 0 Å². The van der Waals surface area contributed by atoms with Crippen molar-refractivity contribution in [2.45, 2.75) is 26.2 Å². The van der Waals surface area contributed by atoms with Crippen LogP contribution in [0.2, 0.25) is 0 Å². The zero-order chi connectivity index (χ0) is 21.4. The monoisotopic (exact) mass is 416 g/mol. The van der Waals surface area contributed by atoms with Gasteiger partial charge in [0.2, 0.25) is 5.89 Å². The highest BCUT2D eigenvalue weighted by atomic mass is 16.3. The molecule has 158 valence electrons. The maximum absolute atomic E-state index is 13.0. The molecule has 5 rings (SSSR count). The number of oxazole rings is 1. The first-order chi connectivity index (χ1) is 15.1. The van der Waals surface area contributed by atoms with Gasteiger partial charge in [-0.05, 0) is 50.5 Å². The molecule has 4 heterocycles. The van der Waals surface area contributed by atoms with E-state index >= 15 is 0 Å². The predicted molar refractivity (Wildman–Crippen MR) is 119 cm³/mol. The first-order valence-corrected chi connectivity index (χ1v) is 10.5. The Morgan fingerprint density at radius 2 is 2.00 bits per heavy atom. The molecular weight excluding hydrogens is 392 g/mol. The molecule has 0 unspecified atom stereocenters. The number of carbonyl (C=O) groups excluding carboxylic acids is 1. The summed E-state index contributed by atoms with van der Waals surface area (Å²) in [5.74, 6) is 0.0846. The third kappa shape index (κ3) is 3.88. The molecule has 1 fully saturated rings. The number of fused-ring (bicyclic) bond motifs is 1. The van der Waals surface area contributed by atoms with Crippen molar-refractivity contribution in [3.05, 3.63) is 54.3 Å². The van der Waals surface area contributed by atoms with E-state index in [1.807, 2.05) is 38.4 Å². The number of piperidine rings is 1. The molecule has 1 saturated heterocycles. The van der Waals surface area contributed by atoms with Crippen LogP contribution in [0, 0.1) is 6.92 Å². The largest absolute Gasteiger partial charge is 0.444 e. The van der Waals surface area contributed by atoms with E-state index in [9.17, 15) is 4.79 Å². The number of nitrogens with one attached hydrogen (secondary N) is 1. The minimum Gasteiger partial charge on any atom is -0.444 e. The summed E-state index contributed by atoms with van der Waals surface area (Å²) in [6.45, 7) is 3.85. The first kappa shape index (κ1) is 19.3. The number of aromatic nitrogens is 4. The van der Waals surface area contributed by atoms with E-state index < -0.39 is 0 Å². The summed E-state index contributed by atoms with van der Waals surface area (Å²) in [5, 5.41) is 8.59. The Morgan fingerprint density at radius 3 is 2.81 bits per heavy atom. The maximum Gasteiger partial charge on any atom is 0.277 e. The Hall–Kier alpha value is -3.68. The smallest absolute Gasteiger partial charge is 0.277 e. The summed E-state index contributed by atoms with van der Waals surface area (Å²) in [6, 6.07) is 7.72. The zero-order valence-corrected chi connectivity index (χ0v) is 17.6. The van der Waals surface area contributed by atoms with E-state index in [4.69, 9.17) is 4.42 Å². The van der Waals surface area contributed by atoms with E-state index in [0.717, 1.165) is 59.5 Å². The Balaban J connectivity index is 1.46. The fraction of sp³-hybridized carbons (Fsp3) is 0.304. The van der Waals surface area contributed by atoms with Crippen molar-refractivity contribution in [3.8, 4) is 11.5 Å². The van der Waals surface area contributed by atoms with E-state index in [1.54, 1.807) is 10.9 Å². The Kier molecular flexibility index (Phi) is 4.89. The van der Waals surface area contributed by atoms with Crippen LogP contribution in [0.3, 0.4) is 0 Å². The van der Waals surface area contributed by atoms with Crippen molar-refractivity contribution >= 4 is 28.2 Å². The number of hydrogen-bond acceptors (Lipinski definition) is 6. The van der Waals surface area contributed by atoms with Gasteiger partial charge in [-0.1, -0.05) is 0 Å². The second-order valence-electron chi connectivity index (χ2n) is 7.96. The molecular formula is C23H24N6O2. The van der Waals surface area contributed by atoms with E-state index in [1.165, 1.54) is 12.7 Å². The lowest BCUT2D eigenvalue weighted by Gasteiger charge is -2.30. The highest BCUT2D eigenvalue weighted by Crippen LogP contribution is 2.33. The lowest BCUT2D eigenvalue weighted by molar-refractivity contribution is 0.102. The summed E-state index contributed by atoms with van der Waals surface area (Å²) in [4.78, 5) is 23.9. The van der Waals surface area contributed by atoms with Crippen molar-refractivity contribution in [1.29, 1.82) is 0 Å². The molecule has 1 aliphatic rings. The van der Waals surface area contributed by atoms with Gasteiger partial charge in [-0.2, -0.15) is 5.10 Å². The number of hydrogen-bond donors (Lipinski definition) is 1. The molecule has 31 heavy (non-hydrogen) atoms. The first-order valence-electron chi connectivity index (χ1n) is 10.5. The van der Waals surface area contributed by atoms with Gasteiger partial charge in [-0.25, -0.2) is 4.98 Å². The molecule has 8 nitrogen and oxygen atoms in total. The van der Waals surface area contributed by atoms with Gasteiger partial charge in [0.05, 0.1) is 16.9 Å². The average Bonchev–Trinajstić information content (AvgIpc) is 3.40. The van der Waals surface area contributed by atoms with Gasteiger partial charge in [-0.15, -0.1) is 0 Å². The minimum absolute atomic E-state index is 0.232. The van der Waals surface area contributed by atoms with Crippen LogP contribution in [0.4, 0.5) is 11.4 Å². The van der Waals surface area contributed by atoms with Crippen LogP contribution in [-0.2, 0) is 7.05 Å². The summed E-state index contributed by atoms with van der Waals surface area (Å²) >= 11 is 0. The highest BCUT2D eigenvalue weighted by molar-refractivity contribution is 6.06. The third-order valence-corrected chi connectivity index (χ3v) is 5.56. The Bertz CT molecular complexity index is 1250. The maximum atomic E-state index is 13.0. The molecule has 1 N–H and O–H groups in total. The van der Waals surface area contributed by atoms with E-state index in [2.05, 4.69) is 31.3 Å². The number of aryl methyl sites for hydroxylation is 2. The molecule has 0 bridgehead atoms. The Labute approximate surface area is 179 Å². The second kappa shape index (κ2) is 7.86. The number of rotatable bonds is 4. The van der Waals surface area contributed by atoms with Crippen molar-refractivity contribution in [1.82, 2.24) is 19.7 Å². The number of carbonyl (C=O) groups is 1. The third-order valence-electron chi connectivity index (χ3n) is 5.56. The molecule has 0 spiro atoms. The normalized spacial score (nSPS) is 14.2. The molecule has 1 aromatic carbocycles. The molecule has 1 amide bonds. The van der Waals surface area contributed by atoms with Crippen molar-refractivity contribution in [2.24, 2.45) is 7.05 Å². The zero-order valence-electron chi connectivity index (χ0n) is 17.6. The van der Waals surface area contributed by atoms with Crippen LogP contribution in [0.1, 0.15) is 35.4 Å². The second-order valence-corrected chi connectivity index (χ2v) is 7.96. The molecule has 0 radical (unpaired) electrons. The molecule has 3 aromatic heterocycles. The fourth-order valence-electron chi connectivity index (χ4n) is 4.06. The van der Waals surface area contributed by atoms with E-state index in [0.29, 0.717) is 5.89 Å². The van der Waals surface area contributed by atoms with Crippen LogP contribution in [0.5, 0.6) is 0 Å². The number of benzene rings is 1. The number of pyridine rings is 1. The summed E-state index contributed by atoms with van der Waals surface area (Å²) in [5.41, 5.74) is 4.47. The average molecular weight is 416 g/mol. The predicted octanol–water partition coefficient (Wildman–Crippen LogP) is 4.17. The highest BCUT2D eigenvalue weighted by Gasteiger charge is 2.20. The van der Waals surface area contributed by atoms with Crippen molar-refractivity contribution in [3.63, 3.8) is 0 Å². The van der Waals surface area contributed by atoms with Gasteiger partial charge in [0.25, 0.3) is 5.91 Å². The molecule has 0 aliphatic carbocycles. The van der Waals surface area contributed by atoms with Crippen LogP contribution in [0.15, 0.2) is 47.3 Å². The topological polar surface area (TPSA) is 89.1 Å². The lowest BCUT2D eigenvalue weighted by Crippen LogP contribution is -2.30. The van der Waals surface area contributed by atoms with E-state index in [-0.39, 0.29) is 11.6 Å². The molecule has 4 aromatic rings. The van der Waals surface area contributed by atoms with Gasteiger partial charge in [0.15, 0.2) is 5.69 Å². The van der Waals surface area contributed by atoms with Gasteiger partial charge in [0.1, 0.15) is 6.26 Å². The standard InChI is InChI=1S/C23H24N6O2/c1-15-10-16(6-7-24-15)23-26-20(14-31-23)22(30)25-19-12-18-17(13-28(2)27-18)11-21(19)29-8-4-3-5-9-29/h6-7,10-14H,3-5,8-9H2,1-2H3,(H,25,30). The summed E-state index contributed by atoms with van der Waals surface area (Å²) in [7, 11) is 1.90. The SMILES string of the molecule is Cc1cc(-c2nc(C(=O)Nc3cc4nn(C)cc4cc3N3CCCCC3)co2)ccn1. The number of amides is 1. The fourth-order valence-corrected chi connectivity index (χ4v) is 4.06. The minimum atomic E-state index is -0.311. The van der Waals surface area contributed by atoms with Crippen LogP contribution in [-0.4, -0.2) is 38.7 Å². The summed E-state index contributed by atoms with van der Waals surface area (Å²) in [6.07, 6.45) is 8.62. The van der Waals surface area contributed by atoms with Gasteiger partial charge < -0.3 is 14.6 Å². The number of anilines is 2. The van der Waals surface area contributed by atoms with Crippen LogP contribution in [0.25, 0.3) is 22.4 Å². The Morgan fingerprint density at radius 1 is 1.16 bits per heavy atom. The number of nitrogens with zero attached hydrogens (tertiary/aromatic N) is 5. The van der Waals surface area contributed by atoms with Crippen LogP contribution < -0.4 is 10.2 Å². The van der Waals surface area contributed by atoms with Crippen molar-refractivity contribution in [2.75, 3.05) is 23.3 Å². The van der Waals surface area contributed by atoms with Gasteiger partial charge in [0, 0.05) is 49.2 Å². The molecule has 0 saturated carbocycles. The van der Waals surface area contributed by atoms with Gasteiger partial charge in [-0.3, -0.25) is 14.5 Å². The summed E-state index contributed by atoms with van der Waals surface area (Å²) < 4.78 is 7.35. The van der Waals surface area contributed by atoms with Gasteiger partial charge >= 0.3 is 0 Å². The van der Waals surface area contributed by atoms with Crippen molar-refractivity contribution < 1.29 is 9.21 Å². The molecule has 0 atom stereocenters.